The second kappa shape index (κ2) is 5.75. The molecule has 1 aromatic carbocycles. The molecule has 4 nitrogen and oxygen atoms in total. The molecule has 19 heavy (non-hydrogen) atoms. The minimum Gasteiger partial charge on any atom is -0.378 e. The maximum Gasteiger partial charge on any atom is 0.259 e. The molecule has 1 atom stereocenters. The van der Waals surface area contributed by atoms with Gasteiger partial charge in [0, 0.05) is 12.4 Å². The van der Waals surface area contributed by atoms with E-state index in [1.54, 1.807) is 17.8 Å². The maximum absolute atomic E-state index is 11.9. The molecule has 100 valence electrons. The molecule has 0 aliphatic carbocycles. The third-order valence-corrected chi connectivity index (χ3v) is 4.20. The molecule has 3 rings (SSSR count). The normalized spacial score (nSPS) is 19.1. The quantitative estimate of drug-likeness (QED) is 0.689. The number of hydrogen-bond acceptors (Lipinski definition) is 4. The molecule has 1 fully saturated rings. The number of para-hydroxylation sites is 1. The van der Waals surface area contributed by atoms with Gasteiger partial charge in [-0.15, -0.1) is 0 Å². The number of benzene rings is 1. The van der Waals surface area contributed by atoms with Crippen molar-refractivity contribution in [1.29, 1.82) is 0 Å². The van der Waals surface area contributed by atoms with Gasteiger partial charge in [0.1, 0.15) is 0 Å². The van der Waals surface area contributed by atoms with Crippen molar-refractivity contribution in [2.75, 3.05) is 12.4 Å². The second-order valence-electron chi connectivity index (χ2n) is 4.66. The summed E-state index contributed by atoms with van der Waals surface area (Å²) in [7, 11) is 0. The van der Waals surface area contributed by atoms with Crippen LogP contribution in [-0.2, 0) is 4.74 Å². The molecule has 1 saturated heterocycles. The molecule has 1 N–H and O–H groups in total. The number of rotatable bonds is 4. The Hall–Kier alpha value is -1.33. The standard InChI is InChI=1S/C14H16N2O2S/c17-13-11-5-1-2-6-12(11)15-14(16-13)19-9-7-10-4-3-8-18-10/h1-2,5-6,10H,3-4,7-9H2,(H,15,16,17)/t10-/m0/s1. The number of fused-ring (bicyclic) bond motifs is 1. The highest BCUT2D eigenvalue weighted by atomic mass is 32.2. The molecule has 5 heteroatoms. The highest BCUT2D eigenvalue weighted by Gasteiger charge is 2.15. The number of nitrogens with zero attached hydrogens (tertiary/aromatic N) is 1. The topological polar surface area (TPSA) is 55.0 Å². The molecular weight excluding hydrogens is 260 g/mol. The van der Waals surface area contributed by atoms with Gasteiger partial charge in [-0.3, -0.25) is 4.79 Å². The number of ether oxygens (including phenoxy) is 1. The molecule has 0 unspecified atom stereocenters. The van der Waals surface area contributed by atoms with E-state index in [-0.39, 0.29) is 5.56 Å². The molecule has 0 saturated carbocycles. The number of hydrogen-bond donors (Lipinski definition) is 1. The summed E-state index contributed by atoms with van der Waals surface area (Å²) in [6.07, 6.45) is 3.73. The first-order valence-corrected chi connectivity index (χ1v) is 7.55. The Labute approximate surface area is 115 Å². The zero-order valence-electron chi connectivity index (χ0n) is 10.6. The minimum atomic E-state index is -0.0646. The average molecular weight is 276 g/mol. The fourth-order valence-corrected chi connectivity index (χ4v) is 3.19. The van der Waals surface area contributed by atoms with Crippen LogP contribution in [0.2, 0.25) is 0 Å². The van der Waals surface area contributed by atoms with Crippen molar-refractivity contribution in [2.24, 2.45) is 0 Å². The number of aromatic amines is 1. The van der Waals surface area contributed by atoms with Crippen molar-refractivity contribution in [2.45, 2.75) is 30.5 Å². The molecule has 0 spiro atoms. The Morgan fingerprint density at radius 1 is 1.42 bits per heavy atom. The fraction of sp³-hybridized carbons (Fsp3) is 0.429. The summed E-state index contributed by atoms with van der Waals surface area (Å²) in [5.41, 5.74) is 0.691. The van der Waals surface area contributed by atoms with Crippen LogP contribution in [0.3, 0.4) is 0 Å². The smallest absolute Gasteiger partial charge is 0.259 e. The lowest BCUT2D eigenvalue weighted by Gasteiger charge is -2.08. The van der Waals surface area contributed by atoms with Crippen molar-refractivity contribution in [3.8, 4) is 0 Å². The number of aromatic nitrogens is 2. The van der Waals surface area contributed by atoms with Gasteiger partial charge in [-0.05, 0) is 31.4 Å². The van der Waals surface area contributed by atoms with E-state index in [9.17, 15) is 4.79 Å². The SMILES string of the molecule is O=c1[nH]c(SCC[C@@H]2CCCO2)nc2ccccc12. The van der Waals surface area contributed by atoms with Crippen LogP contribution in [0, 0.1) is 0 Å². The van der Waals surface area contributed by atoms with Crippen LogP contribution in [0.4, 0.5) is 0 Å². The van der Waals surface area contributed by atoms with Gasteiger partial charge in [0.05, 0.1) is 17.0 Å². The van der Waals surface area contributed by atoms with Crippen LogP contribution in [0.5, 0.6) is 0 Å². The van der Waals surface area contributed by atoms with E-state index in [4.69, 9.17) is 4.74 Å². The number of nitrogens with one attached hydrogen (secondary N) is 1. The van der Waals surface area contributed by atoms with E-state index in [1.165, 1.54) is 6.42 Å². The summed E-state index contributed by atoms with van der Waals surface area (Å²) in [5.74, 6) is 0.923. The molecule has 1 aromatic heterocycles. The third-order valence-electron chi connectivity index (χ3n) is 3.29. The summed E-state index contributed by atoms with van der Waals surface area (Å²) >= 11 is 1.59. The monoisotopic (exact) mass is 276 g/mol. The molecule has 1 aliphatic heterocycles. The lowest BCUT2D eigenvalue weighted by molar-refractivity contribution is 0.109. The molecule has 2 aromatic rings. The van der Waals surface area contributed by atoms with Crippen molar-refractivity contribution in [3.05, 3.63) is 34.6 Å². The van der Waals surface area contributed by atoms with Gasteiger partial charge in [-0.1, -0.05) is 23.9 Å². The zero-order valence-corrected chi connectivity index (χ0v) is 11.4. The van der Waals surface area contributed by atoms with Gasteiger partial charge >= 0.3 is 0 Å². The number of H-pyrrole nitrogens is 1. The minimum absolute atomic E-state index is 0.0646. The third kappa shape index (κ3) is 2.98. The van der Waals surface area contributed by atoms with E-state index in [0.717, 1.165) is 30.7 Å². The van der Waals surface area contributed by atoms with Crippen molar-refractivity contribution >= 4 is 22.7 Å². The molecule has 0 amide bonds. The Kier molecular flexibility index (Phi) is 3.84. The van der Waals surface area contributed by atoms with Crippen LogP contribution < -0.4 is 5.56 Å². The van der Waals surface area contributed by atoms with Crippen molar-refractivity contribution in [1.82, 2.24) is 9.97 Å². The van der Waals surface area contributed by atoms with Crippen LogP contribution in [0.1, 0.15) is 19.3 Å². The van der Waals surface area contributed by atoms with Gasteiger partial charge in [0.25, 0.3) is 5.56 Å². The first kappa shape index (κ1) is 12.7. The van der Waals surface area contributed by atoms with Crippen LogP contribution in [-0.4, -0.2) is 28.4 Å². The number of thioether (sulfide) groups is 1. The van der Waals surface area contributed by atoms with E-state index in [1.807, 2.05) is 18.2 Å². The first-order chi connectivity index (χ1) is 9.33. The van der Waals surface area contributed by atoms with E-state index < -0.39 is 0 Å². The van der Waals surface area contributed by atoms with Crippen molar-refractivity contribution < 1.29 is 4.74 Å². The Bertz CT molecular complexity index is 620. The summed E-state index contributed by atoms with van der Waals surface area (Å²) in [5, 5.41) is 1.34. The average Bonchev–Trinajstić information content (AvgIpc) is 2.92. The first-order valence-electron chi connectivity index (χ1n) is 6.56. The largest absolute Gasteiger partial charge is 0.378 e. The van der Waals surface area contributed by atoms with Gasteiger partial charge in [-0.2, -0.15) is 0 Å². The molecular formula is C14H16N2O2S. The summed E-state index contributed by atoms with van der Waals surface area (Å²) < 4.78 is 5.58. The summed E-state index contributed by atoms with van der Waals surface area (Å²) in [6, 6.07) is 7.41. The Morgan fingerprint density at radius 2 is 2.32 bits per heavy atom. The lowest BCUT2D eigenvalue weighted by atomic mass is 10.2. The highest BCUT2D eigenvalue weighted by Crippen LogP contribution is 2.21. The van der Waals surface area contributed by atoms with Gasteiger partial charge in [0.15, 0.2) is 5.16 Å². The van der Waals surface area contributed by atoms with Crippen LogP contribution >= 0.6 is 11.8 Å². The van der Waals surface area contributed by atoms with E-state index in [2.05, 4.69) is 9.97 Å². The van der Waals surface area contributed by atoms with Gasteiger partial charge < -0.3 is 9.72 Å². The van der Waals surface area contributed by atoms with Crippen LogP contribution in [0.25, 0.3) is 10.9 Å². The highest BCUT2D eigenvalue weighted by molar-refractivity contribution is 7.99. The predicted molar refractivity (Wildman–Crippen MR) is 76.7 cm³/mol. The van der Waals surface area contributed by atoms with E-state index in [0.29, 0.717) is 16.6 Å². The van der Waals surface area contributed by atoms with E-state index >= 15 is 0 Å². The fourth-order valence-electron chi connectivity index (χ4n) is 2.29. The van der Waals surface area contributed by atoms with Crippen molar-refractivity contribution in [3.63, 3.8) is 0 Å². The Morgan fingerprint density at radius 3 is 3.16 bits per heavy atom. The van der Waals surface area contributed by atoms with Gasteiger partial charge in [-0.25, -0.2) is 4.98 Å². The van der Waals surface area contributed by atoms with Gasteiger partial charge in [0.2, 0.25) is 0 Å². The lowest BCUT2D eigenvalue weighted by Crippen LogP contribution is -2.10. The van der Waals surface area contributed by atoms with Crippen LogP contribution in [0.15, 0.2) is 34.2 Å². The summed E-state index contributed by atoms with van der Waals surface area (Å²) in [6.45, 7) is 0.889. The Balaban J connectivity index is 1.69. The molecule has 1 aliphatic rings. The predicted octanol–water partition coefficient (Wildman–Crippen LogP) is 2.58. The zero-order chi connectivity index (χ0) is 13.1. The molecule has 2 heterocycles. The summed E-state index contributed by atoms with van der Waals surface area (Å²) in [4.78, 5) is 19.2. The maximum atomic E-state index is 11.9. The molecule has 0 bridgehead atoms. The molecule has 0 radical (unpaired) electrons. The second-order valence-corrected chi connectivity index (χ2v) is 5.74.